The first kappa shape index (κ1) is 27.6. The number of aliphatic hydroxyl groups excluding tert-OH is 1. The van der Waals surface area contributed by atoms with Crippen LogP contribution in [0.2, 0.25) is 0 Å². The highest BCUT2D eigenvalue weighted by atomic mass is 32.2. The minimum atomic E-state index is -0.587. The summed E-state index contributed by atoms with van der Waals surface area (Å²) in [5.74, 6) is 0.536. The largest absolute Gasteiger partial charge is 0.394 e. The first-order valence-electron chi connectivity index (χ1n) is 12.1. The summed E-state index contributed by atoms with van der Waals surface area (Å²) in [6.45, 7) is 14.2. The minimum Gasteiger partial charge on any atom is -0.394 e. The number of carbonyl (C=O) groups excluding carboxylic acids is 1. The van der Waals surface area contributed by atoms with Gasteiger partial charge in [0, 0.05) is 21.7 Å². The molecule has 0 unspecified atom stereocenters. The Labute approximate surface area is 218 Å². The number of nitrogens with zero attached hydrogens (tertiary/aromatic N) is 2. The molecule has 0 bridgehead atoms. The molecule has 3 aromatic rings. The van der Waals surface area contributed by atoms with Crippen LogP contribution >= 0.6 is 11.9 Å². The Kier molecular flexibility index (Phi) is 8.76. The number of benzene rings is 2. The van der Waals surface area contributed by atoms with E-state index in [9.17, 15) is 9.90 Å². The van der Waals surface area contributed by atoms with Gasteiger partial charge in [0.2, 0.25) is 0 Å². The van der Waals surface area contributed by atoms with Crippen LogP contribution in [0.25, 0.3) is 11.3 Å². The van der Waals surface area contributed by atoms with Gasteiger partial charge in [-0.1, -0.05) is 44.2 Å². The van der Waals surface area contributed by atoms with Crippen molar-refractivity contribution in [1.29, 1.82) is 0 Å². The summed E-state index contributed by atoms with van der Waals surface area (Å²) in [5.41, 5.74) is 2.74. The minimum absolute atomic E-state index is 0.0418. The molecule has 1 aromatic heterocycles. The average molecular weight is 508 g/mol. The molecule has 4 N–H and O–H groups in total. The van der Waals surface area contributed by atoms with Gasteiger partial charge in [-0.25, -0.2) is 9.97 Å². The van der Waals surface area contributed by atoms with Crippen molar-refractivity contribution in [1.82, 2.24) is 14.7 Å². The molecule has 0 aliphatic rings. The lowest BCUT2D eigenvalue weighted by Crippen LogP contribution is -2.35. The third kappa shape index (κ3) is 7.78. The Morgan fingerprint density at radius 3 is 2.36 bits per heavy atom. The highest BCUT2D eigenvalue weighted by Crippen LogP contribution is 2.27. The molecule has 1 heterocycles. The van der Waals surface area contributed by atoms with Gasteiger partial charge in [0.05, 0.1) is 18.3 Å². The van der Waals surface area contributed by atoms with Crippen LogP contribution in [0.1, 0.15) is 70.4 Å². The number of hydrogen-bond donors (Lipinski definition) is 4. The van der Waals surface area contributed by atoms with Gasteiger partial charge in [-0.05, 0) is 76.2 Å². The average Bonchev–Trinajstić information content (AvgIpc) is 2.82. The summed E-state index contributed by atoms with van der Waals surface area (Å²) in [7, 11) is 0. The smallest absolute Gasteiger partial charge is 0.276 e. The molecule has 0 saturated heterocycles. The zero-order valence-corrected chi connectivity index (χ0v) is 23.0. The second-order valence-electron chi connectivity index (χ2n) is 10.8. The van der Waals surface area contributed by atoms with E-state index in [0.717, 1.165) is 10.5 Å². The van der Waals surface area contributed by atoms with Gasteiger partial charge in [0.1, 0.15) is 11.5 Å². The number of anilines is 2. The summed E-state index contributed by atoms with van der Waals surface area (Å²) in [6.07, 6.45) is 1.53. The number of rotatable bonds is 9. The van der Waals surface area contributed by atoms with Crippen molar-refractivity contribution in [3.8, 4) is 11.3 Å². The van der Waals surface area contributed by atoms with Crippen molar-refractivity contribution >= 4 is 29.4 Å². The van der Waals surface area contributed by atoms with E-state index >= 15 is 0 Å². The van der Waals surface area contributed by atoms with Gasteiger partial charge in [-0.2, -0.15) is 0 Å². The Hall–Kier alpha value is -2.94. The van der Waals surface area contributed by atoms with E-state index in [1.165, 1.54) is 23.7 Å². The molecule has 0 fully saturated rings. The number of carbonyl (C=O) groups is 1. The standard InChI is InChI=1S/C28H37N5O2S/c1-18(2)19-11-13-20(14-12-19)24-25(29-16-23(31-24)32-28(6,7)17-34)26(35)30-21-9-8-10-22(15-21)36-33-27(3,4)5/h8-16,18,33-34H,17H2,1-7H3,(H,30,35)(H,31,32). The summed E-state index contributed by atoms with van der Waals surface area (Å²) >= 11 is 1.52. The van der Waals surface area contributed by atoms with Gasteiger partial charge in [-0.15, -0.1) is 0 Å². The number of aromatic nitrogens is 2. The molecular formula is C28H37N5O2S. The Bertz CT molecular complexity index is 1190. The fourth-order valence-corrected chi connectivity index (χ4v) is 4.03. The molecule has 0 radical (unpaired) electrons. The zero-order valence-electron chi connectivity index (χ0n) is 22.1. The number of nitrogens with one attached hydrogen (secondary N) is 3. The second kappa shape index (κ2) is 11.4. The van der Waals surface area contributed by atoms with Crippen LogP contribution in [0.15, 0.2) is 59.6 Å². The molecule has 3 rings (SSSR count). The first-order chi connectivity index (χ1) is 16.9. The number of amides is 1. The van der Waals surface area contributed by atoms with E-state index in [2.05, 4.69) is 55.0 Å². The maximum absolute atomic E-state index is 13.4. The monoisotopic (exact) mass is 507 g/mol. The van der Waals surface area contributed by atoms with Crippen LogP contribution in [-0.2, 0) is 0 Å². The van der Waals surface area contributed by atoms with Gasteiger partial charge in [-0.3, -0.25) is 9.52 Å². The zero-order chi connectivity index (χ0) is 26.5. The molecule has 192 valence electrons. The van der Waals surface area contributed by atoms with Crippen LogP contribution in [0, 0.1) is 0 Å². The molecule has 7 nitrogen and oxygen atoms in total. The molecule has 0 spiro atoms. The Morgan fingerprint density at radius 2 is 1.75 bits per heavy atom. The molecule has 2 aromatic carbocycles. The molecule has 0 saturated carbocycles. The normalized spacial score (nSPS) is 12.0. The highest BCUT2D eigenvalue weighted by Gasteiger charge is 2.21. The van der Waals surface area contributed by atoms with Crippen molar-refractivity contribution < 1.29 is 9.90 Å². The fourth-order valence-electron chi connectivity index (χ4n) is 3.27. The lowest BCUT2D eigenvalue weighted by molar-refractivity contribution is 0.102. The molecule has 0 aliphatic carbocycles. The quantitative estimate of drug-likeness (QED) is 0.260. The summed E-state index contributed by atoms with van der Waals surface area (Å²) < 4.78 is 3.38. The Morgan fingerprint density at radius 1 is 1.06 bits per heavy atom. The lowest BCUT2D eigenvalue weighted by atomic mass is 10.00. The Balaban J connectivity index is 1.93. The molecule has 1 amide bonds. The van der Waals surface area contributed by atoms with Crippen molar-refractivity contribution in [3.63, 3.8) is 0 Å². The van der Waals surface area contributed by atoms with Gasteiger partial charge < -0.3 is 15.7 Å². The number of aliphatic hydroxyl groups is 1. The van der Waals surface area contributed by atoms with Gasteiger partial charge in [0.15, 0.2) is 5.69 Å². The van der Waals surface area contributed by atoms with E-state index < -0.39 is 5.54 Å². The van der Waals surface area contributed by atoms with Gasteiger partial charge in [0.25, 0.3) is 5.91 Å². The lowest BCUT2D eigenvalue weighted by Gasteiger charge is -2.24. The third-order valence-electron chi connectivity index (χ3n) is 5.27. The van der Waals surface area contributed by atoms with Crippen molar-refractivity contribution in [2.45, 2.75) is 70.4 Å². The van der Waals surface area contributed by atoms with E-state index in [-0.39, 0.29) is 23.7 Å². The summed E-state index contributed by atoms with van der Waals surface area (Å²) in [6, 6.07) is 15.7. The molecule has 0 atom stereocenters. The van der Waals surface area contributed by atoms with Crippen LogP contribution in [-0.4, -0.2) is 38.7 Å². The molecule has 36 heavy (non-hydrogen) atoms. The van der Waals surface area contributed by atoms with Crippen LogP contribution < -0.4 is 15.4 Å². The van der Waals surface area contributed by atoms with Crippen LogP contribution in [0.5, 0.6) is 0 Å². The number of hydrogen-bond acceptors (Lipinski definition) is 7. The van der Waals surface area contributed by atoms with E-state index in [1.807, 2.05) is 62.4 Å². The van der Waals surface area contributed by atoms with Gasteiger partial charge >= 0.3 is 0 Å². The molecule has 0 aliphatic heterocycles. The predicted molar refractivity (Wildman–Crippen MR) is 149 cm³/mol. The first-order valence-corrected chi connectivity index (χ1v) is 12.9. The summed E-state index contributed by atoms with van der Waals surface area (Å²) in [4.78, 5) is 23.6. The fraction of sp³-hybridized carbons (Fsp3) is 0.393. The van der Waals surface area contributed by atoms with Crippen molar-refractivity contribution in [2.75, 3.05) is 17.2 Å². The van der Waals surface area contributed by atoms with Crippen molar-refractivity contribution in [2.24, 2.45) is 0 Å². The maximum Gasteiger partial charge on any atom is 0.276 e. The maximum atomic E-state index is 13.4. The third-order valence-corrected chi connectivity index (χ3v) is 6.47. The SMILES string of the molecule is CC(C)c1ccc(-c2nc(NC(C)(C)CO)cnc2C(=O)Nc2cccc(SNC(C)(C)C)c2)cc1. The molecule has 8 heteroatoms. The summed E-state index contributed by atoms with van der Waals surface area (Å²) in [5, 5.41) is 15.8. The van der Waals surface area contributed by atoms with Crippen LogP contribution in [0.3, 0.4) is 0 Å². The second-order valence-corrected chi connectivity index (χ2v) is 11.7. The molecular weight excluding hydrogens is 470 g/mol. The van der Waals surface area contributed by atoms with E-state index in [4.69, 9.17) is 4.98 Å². The van der Waals surface area contributed by atoms with Crippen LogP contribution in [0.4, 0.5) is 11.5 Å². The predicted octanol–water partition coefficient (Wildman–Crippen LogP) is 6.10. The topological polar surface area (TPSA) is 99.2 Å². The van der Waals surface area contributed by atoms with Crippen molar-refractivity contribution in [3.05, 3.63) is 66.0 Å². The van der Waals surface area contributed by atoms with E-state index in [1.54, 1.807) is 0 Å². The highest BCUT2D eigenvalue weighted by molar-refractivity contribution is 7.97. The van der Waals surface area contributed by atoms with E-state index in [0.29, 0.717) is 23.1 Å².